The van der Waals surface area contributed by atoms with E-state index in [0.29, 0.717) is 19.3 Å². The molecule has 1 aromatic carbocycles. The van der Waals surface area contributed by atoms with Crippen LogP contribution in [0.5, 0.6) is 0 Å². The Morgan fingerprint density at radius 2 is 1.93 bits per heavy atom. The Balaban J connectivity index is 1.63. The van der Waals surface area contributed by atoms with E-state index in [2.05, 4.69) is 15.5 Å². The van der Waals surface area contributed by atoms with Crippen molar-refractivity contribution in [1.29, 1.82) is 0 Å². The molecule has 0 radical (unpaired) electrons. The third-order valence-electron chi connectivity index (χ3n) is 5.52. The zero-order valence-corrected chi connectivity index (χ0v) is 16.2. The van der Waals surface area contributed by atoms with Gasteiger partial charge in [0.2, 0.25) is 11.8 Å². The molecule has 3 amide bonds. The summed E-state index contributed by atoms with van der Waals surface area (Å²) < 4.78 is 30.4. The molecule has 0 spiro atoms. The lowest BCUT2D eigenvalue weighted by molar-refractivity contribution is -0.122. The van der Waals surface area contributed by atoms with Gasteiger partial charge in [0.25, 0.3) is 17.7 Å². The first kappa shape index (κ1) is 20.1. The molecule has 0 unspecified atom stereocenters. The van der Waals surface area contributed by atoms with Crippen molar-refractivity contribution < 1.29 is 27.6 Å². The number of nitrogens with zero attached hydrogens (tertiary/aromatic N) is 3. The quantitative estimate of drug-likeness (QED) is 0.748. The molecule has 2 heterocycles. The van der Waals surface area contributed by atoms with E-state index in [4.69, 9.17) is 4.42 Å². The van der Waals surface area contributed by atoms with Gasteiger partial charge in [-0.25, -0.2) is 0 Å². The zero-order valence-electron chi connectivity index (χ0n) is 16.2. The van der Waals surface area contributed by atoms with Crippen molar-refractivity contribution in [2.75, 3.05) is 0 Å². The predicted molar refractivity (Wildman–Crippen MR) is 99.7 cm³/mol. The van der Waals surface area contributed by atoms with Gasteiger partial charge in [0, 0.05) is 18.0 Å². The number of aromatic nitrogens is 2. The first-order valence-electron chi connectivity index (χ1n) is 9.84. The van der Waals surface area contributed by atoms with Crippen molar-refractivity contribution in [2.24, 2.45) is 0 Å². The topological polar surface area (TPSA) is 105 Å². The molecule has 2 aliphatic rings. The maximum Gasteiger partial charge on any atom is 0.314 e. The van der Waals surface area contributed by atoms with Crippen molar-refractivity contribution in [3.05, 3.63) is 35.2 Å². The SMILES string of the molecule is CCC(=O)N[C@@H]1CCCC[C@H]1N1C(=O)c2ccc(-c3nnc(C(F)F)o3)cc2C1=O. The van der Waals surface area contributed by atoms with E-state index < -0.39 is 30.2 Å². The second-order valence-corrected chi connectivity index (χ2v) is 7.37. The summed E-state index contributed by atoms with van der Waals surface area (Å²) in [6, 6.07) is 3.62. The normalized spacial score (nSPS) is 21.3. The number of benzene rings is 1. The Morgan fingerprint density at radius 3 is 2.63 bits per heavy atom. The summed E-state index contributed by atoms with van der Waals surface area (Å²) in [5, 5.41) is 9.80. The molecule has 8 nitrogen and oxygen atoms in total. The van der Waals surface area contributed by atoms with Gasteiger partial charge in [0.15, 0.2) is 0 Å². The number of rotatable bonds is 5. The van der Waals surface area contributed by atoms with Crippen LogP contribution >= 0.6 is 0 Å². The maximum atomic E-state index is 13.1. The van der Waals surface area contributed by atoms with Gasteiger partial charge in [0.1, 0.15) is 0 Å². The second kappa shape index (κ2) is 7.92. The highest BCUT2D eigenvalue weighted by Gasteiger charge is 2.44. The summed E-state index contributed by atoms with van der Waals surface area (Å²) in [5.74, 6) is -2.00. The molecule has 1 aliphatic heterocycles. The highest BCUT2D eigenvalue weighted by atomic mass is 19.3. The molecule has 10 heteroatoms. The summed E-state index contributed by atoms with van der Waals surface area (Å²) >= 11 is 0. The largest absolute Gasteiger partial charge is 0.415 e. The number of fused-ring (bicyclic) bond motifs is 1. The number of hydrogen-bond donors (Lipinski definition) is 1. The molecule has 1 aromatic heterocycles. The number of imide groups is 1. The van der Waals surface area contributed by atoms with Crippen molar-refractivity contribution in [3.8, 4) is 11.5 Å². The monoisotopic (exact) mass is 418 g/mol. The first-order chi connectivity index (χ1) is 14.4. The van der Waals surface area contributed by atoms with Gasteiger partial charge in [-0.1, -0.05) is 19.8 Å². The van der Waals surface area contributed by atoms with Crippen molar-refractivity contribution >= 4 is 17.7 Å². The Kier molecular flexibility index (Phi) is 5.31. The molecule has 1 fully saturated rings. The molecule has 30 heavy (non-hydrogen) atoms. The van der Waals surface area contributed by atoms with Gasteiger partial charge in [-0.3, -0.25) is 19.3 Å². The molecule has 0 saturated heterocycles. The summed E-state index contributed by atoms with van der Waals surface area (Å²) in [6.45, 7) is 1.74. The summed E-state index contributed by atoms with van der Waals surface area (Å²) in [5.41, 5.74) is 0.652. The molecule has 2 aromatic rings. The lowest BCUT2D eigenvalue weighted by atomic mass is 9.89. The van der Waals surface area contributed by atoms with Crippen molar-refractivity contribution in [2.45, 2.75) is 57.5 Å². The van der Waals surface area contributed by atoms with Crippen LogP contribution in [0.1, 0.15) is 72.1 Å². The lowest BCUT2D eigenvalue weighted by Gasteiger charge is -2.37. The van der Waals surface area contributed by atoms with E-state index in [1.54, 1.807) is 6.92 Å². The molecule has 158 valence electrons. The lowest BCUT2D eigenvalue weighted by Crippen LogP contribution is -2.55. The minimum absolute atomic E-state index is 0.128. The molecule has 2 atom stereocenters. The number of amides is 3. The van der Waals surface area contributed by atoms with Gasteiger partial charge in [-0.15, -0.1) is 10.2 Å². The van der Waals surface area contributed by atoms with E-state index >= 15 is 0 Å². The number of carbonyl (C=O) groups excluding carboxylic acids is 3. The van der Waals surface area contributed by atoms with Crippen LogP contribution in [0.15, 0.2) is 22.6 Å². The van der Waals surface area contributed by atoms with Crippen LogP contribution in [0.3, 0.4) is 0 Å². The van der Waals surface area contributed by atoms with Crippen LogP contribution in [0, 0.1) is 0 Å². The molecule has 1 aliphatic carbocycles. The van der Waals surface area contributed by atoms with Crippen LogP contribution in [0.4, 0.5) is 8.78 Å². The van der Waals surface area contributed by atoms with Crippen LogP contribution in [0.25, 0.3) is 11.5 Å². The second-order valence-electron chi connectivity index (χ2n) is 7.37. The zero-order chi connectivity index (χ0) is 21.4. The van der Waals surface area contributed by atoms with Crippen molar-refractivity contribution in [1.82, 2.24) is 20.4 Å². The highest BCUT2D eigenvalue weighted by molar-refractivity contribution is 6.22. The third-order valence-corrected chi connectivity index (χ3v) is 5.52. The van der Waals surface area contributed by atoms with E-state index in [9.17, 15) is 23.2 Å². The number of nitrogens with one attached hydrogen (secondary N) is 1. The van der Waals surface area contributed by atoms with Gasteiger partial charge in [-0.05, 0) is 31.0 Å². The van der Waals surface area contributed by atoms with Gasteiger partial charge < -0.3 is 9.73 Å². The summed E-state index contributed by atoms with van der Waals surface area (Å²) in [6.07, 6.45) is 0.463. The minimum Gasteiger partial charge on any atom is -0.415 e. The molecule has 4 rings (SSSR count). The van der Waals surface area contributed by atoms with Gasteiger partial charge >= 0.3 is 6.43 Å². The fraction of sp³-hybridized carbons (Fsp3) is 0.450. The summed E-state index contributed by atoms with van der Waals surface area (Å²) in [7, 11) is 0. The molecular weight excluding hydrogens is 398 g/mol. The number of carbonyl (C=O) groups is 3. The molecular formula is C20H20F2N4O4. The molecule has 1 saturated carbocycles. The Labute approximate surface area is 170 Å². The van der Waals surface area contributed by atoms with Crippen molar-refractivity contribution in [3.63, 3.8) is 0 Å². The van der Waals surface area contributed by atoms with E-state index in [0.717, 1.165) is 12.8 Å². The Hall–Kier alpha value is -3.17. The Morgan fingerprint density at radius 1 is 1.20 bits per heavy atom. The molecule has 0 bridgehead atoms. The third kappa shape index (κ3) is 3.46. The van der Waals surface area contributed by atoms with E-state index in [1.165, 1.54) is 23.1 Å². The first-order valence-corrected chi connectivity index (χ1v) is 9.84. The van der Waals surface area contributed by atoms with E-state index in [1.807, 2.05) is 0 Å². The van der Waals surface area contributed by atoms with Crippen LogP contribution < -0.4 is 5.32 Å². The molecule has 1 N–H and O–H groups in total. The van der Waals surface area contributed by atoms with Gasteiger partial charge in [-0.2, -0.15) is 8.78 Å². The van der Waals surface area contributed by atoms with Crippen LogP contribution in [0.2, 0.25) is 0 Å². The average molecular weight is 418 g/mol. The van der Waals surface area contributed by atoms with Crippen LogP contribution in [-0.2, 0) is 4.79 Å². The fourth-order valence-electron chi connectivity index (χ4n) is 4.03. The maximum absolute atomic E-state index is 13.1. The fourth-order valence-corrected chi connectivity index (χ4v) is 4.03. The van der Waals surface area contributed by atoms with Gasteiger partial charge in [0.05, 0.1) is 17.2 Å². The Bertz CT molecular complexity index is 1010. The standard InChI is InChI=1S/C20H20F2N4O4/c1-2-15(27)23-13-5-3-4-6-14(13)26-19(28)11-8-7-10(9-12(11)20(26)29)17-24-25-18(30-17)16(21)22/h7-9,13-14,16H,2-6H2,1H3,(H,23,27)/t13-,14-/m1/s1. The summed E-state index contributed by atoms with van der Waals surface area (Å²) in [4.78, 5) is 39.2. The minimum atomic E-state index is -2.90. The number of hydrogen-bond acceptors (Lipinski definition) is 6. The number of alkyl halides is 2. The van der Waals surface area contributed by atoms with E-state index in [-0.39, 0.29) is 34.5 Å². The predicted octanol–water partition coefficient (Wildman–Crippen LogP) is 3.11. The highest BCUT2D eigenvalue weighted by Crippen LogP contribution is 2.34. The smallest absolute Gasteiger partial charge is 0.314 e. The average Bonchev–Trinajstić information content (AvgIpc) is 3.33. The number of halogens is 2. The van der Waals surface area contributed by atoms with Crippen LogP contribution in [-0.4, -0.2) is 44.9 Å².